The molecule has 0 N–H and O–H groups in total. The minimum atomic E-state index is 0.784. The molecule has 21 heavy (non-hydrogen) atoms. The Morgan fingerprint density at radius 1 is 1.19 bits per heavy atom. The normalized spacial score (nSPS) is 24.4. The summed E-state index contributed by atoms with van der Waals surface area (Å²) in [5.74, 6) is 0.909. The van der Waals surface area contributed by atoms with Crippen LogP contribution in [0.1, 0.15) is 31.2 Å². The number of nitrogens with zero attached hydrogens (tertiary/aromatic N) is 2. The lowest BCUT2D eigenvalue weighted by molar-refractivity contribution is 0.161. The first-order valence-corrected chi connectivity index (χ1v) is 8.84. The molecule has 2 aliphatic rings. The molecule has 3 rings (SSSR count). The van der Waals surface area contributed by atoms with Gasteiger partial charge in [0, 0.05) is 25.7 Å². The number of methoxy groups -OCH3 is 1. The lowest BCUT2D eigenvalue weighted by Crippen LogP contribution is -2.40. The Balaban J connectivity index is 1.55. The van der Waals surface area contributed by atoms with Gasteiger partial charge in [0.05, 0.1) is 11.6 Å². The van der Waals surface area contributed by atoms with Crippen molar-refractivity contribution in [2.45, 2.75) is 38.3 Å². The Morgan fingerprint density at radius 3 is 2.71 bits per heavy atom. The minimum Gasteiger partial charge on any atom is -0.496 e. The van der Waals surface area contributed by atoms with Gasteiger partial charge in [0.25, 0.3) is 0 Å². The van der Waals surface area contributed by atoms with E-state index in [1.165, 1.54) is 57.4 Å². The second-order valence-corrected chi connectivity index (χ2v) is 7.10. The largest absolute Gasteiger partial charge is 0.496 e. The predicted octanol–water partition coefficient (Wildman–Crippen LogP) is 3.52. The van der Waals surface area contributed by atoms with Gasteiger partial charge < -0.3 is 4.74 Å². The summed E-state index contributed by atoms with van der Waals surface area (Å²) in [4.78, 5) is 5.31. The molecule has 2 heterocycles. The molecule has 0 radical (unpaired) electrons. The molecular formula is C17H25BrN2O. The van der Waals surface area contributed by atoms with Crippen molar-refractivity contribution in [1.82, 2.24) is 9.80 Å². The van der Waals surface area contributed by atoms with Gasteiger partial charge in [-0.1, -0.05) is 12.5 Å². The molecule has 1 aromatic carbocycles. The van der Waals surface area contributed by atoms with Gasteiger partial charge in [-0.2, -0.15) is 0 Å². The number of piperidine rings is 1. The fourth-order valence-corrected chi connectivity index (χ4v) is 4.19. The van der Waals surface area contributed by atoms with Crippen molar-refractivity contribution < 1.29 is 4.74 Å². The number of rotatable bonds is 4. The Labute approximate surface area is 136 Å². The first kappa shape index (κ1) is 15.3. The highest BCUT2D eigenvalue weighted by atomic mass is 79.9. The lowest BCUT2D eigenvalue weighted by atomic mass is 10.1. The van der Waals surface area contributed by atoms with Crippen LogP contribution in [0.4, 0.5) is 0 Å². The maximum atomic E-state index is 5.30. The fourth-order valence-electron chi connectivity index (χ4n) is 3.60. The van der Waals surface area contributed by atoms with Crippen LogP contribution in [-0.2, 0) is 6.54 Å². The lowest BCUT2D eigenvalue weighted by Gasteiger charge is -2.32. The summed E-state index contributed by atoms with van der Waals surface area (Å²) in [6, 6.07) is 7.20. The summed E-state index contributed by atoms with van der Waals surface area (Å²) >= 11 is 3.58. The molecule has 2 saturated heterocycles. The molecular weight excluding hydrogens is 328 g/mol. The number of hydrogen-bond acceptors (Lipinski definition) is 3. The molecule has 3 nitrogen and oxygen atoms in total. The van der Waals surface area contributed by atoms with Gasteiger partial charge in [0.15, 0.2) is 0 Å². The SMILES string of the molecule is COc1ccc(CN2CCC(N3CCCCC3)C2)cc1Br. The first-order valence-electron chi connectivity index (χ1n) is 8.05. The minimum absolute atomic E-state index is 0.784. The van der Waals surface area contributed by atoms with Crippen LogP contribution >= 0.6 is 15.9 Å². The monoisotopic (exact) mass is 352 g/mol. The van der Waals surface area contributed by atoms with E-state index in [4.69, 9.17) is 4.74 Å². The third-order valence-corrected chi connectivity index (χ3v) is 5.40. The van der Waals surface area contributed by atoms with Crippen molar-refractivity contribution in [3.63, 3.8) is 0 Å². The Hall–Kier alpha value is -0.580. The van der Waals surface area contributed by atoms with Crippen molar-refractivity contribution in [2.75, 3.05) is 33.3 Å². The molecule has 0 bridgehead atoms. The first-order chi connectivity index (χ1) is 10.3. The zero-order valence-electron chi connectivity index (χ0n) is 12.9. The molecule has 1 atom stereocenters. The molecule has 2 aliphatic heterocycles. The van der Waals surface area contributed by atoms with Crippen LogP contribution in [0.25, 0.3) is 0 Å². The van der Waals surface area contributed by atoms with Gasteiger partial charge in [-0.25, -0.2) is 0 Å². The third kappa shape index (κ3) is 3.79. The Morgan fingerprint density at radius 2 is 2.00 bits per heavy atom. The van der Waals surface area contributed by atoms with Gasteiger partial charge in [0.1, 0.15) is 5.75 Å². The third-order valence-electron chi connectivity index (χ3n) is 4.78. The molecule has 0 spiro atoms. The van der Waals surface area contributed by atoms with Crippen LogP contribution < -0.4 is 4.74 Å². The van der Waals surface area contributed by atoms with Crippen molar-refractivity contribution >= 4 is 15.9 Å². The summed E-state index contributed by atoms with van der Waals surface area (Å²) < 4.78 is 6.35. The van der Waals surface area contributed by atoms with Crippen LogP contribution in [0.15, 0.2) is 22.7 Å². The average molecular weight is 353 g/mol. The molecule has 0 aliphatic carbocycles. The highest BCUT2D eigenvalue weighted by Crippen LogP contribution is 2.27. The summed E-state index contributed by atoms with van der Waals surface area (Å²) in [5.41, 5.74) is 1.36. The quantitative estimate of drug-likeness (QED) is 0.824. The maximum absolute atomic E-state index is 5.30. The number of hydrogen-bond donors (Lipinski definition) is 0. The van der Waals surface area contributed by atoms with Gasteiger partial charge >= 0.3 is 0 Å². The van der Waals surface area contributed by atoms with Crippen LogP contribution in [0, 0.1) is 0 Å². The van der Waals surface area contributed by atoms with E-state index in [2.05, 4.69) is 43.9 Å². The number of benzene rings is 1. The summed E-state index contributed by atoms with van der Waals surface area (Å²) in [5, 5.41) is 0. The molecule has 2 fully saturated rings. The Kier molecular flexibility index (Phi) is 5.19. The topological polar surface area (TPSA) is 15.7 Å². The highest BCUT2D eigenvalue weighted by molar-refractivity contribution is 9.10. The summed E-state index contributed by atoms with van der Waals surface area (Å²) in [7, 11) is 1.71. The predicted molar refractivity (Wildman–Crippen MR) is 89.8 cm³/mol. The second kappa shape index (κ2) is 7.12. The van der Waals surface area contributed by atoms with Crippen molar-refractivity contribution in [2.24, 2.45) is 0 Å². The van der Waals surface area contributed by atoms with E-state index in [0.29, 0.717) is 0 Å². The van der Waals surface area contributed by atoms with E-state index in [0.717, 1.165) is 22.8 Å². The van der Waals surface area contributed by atoms with E-state index in [1.807, 2.05) is 0 Å². The van der Waals surface area contributed by atoms with E-state index in [-0.39, 0.29) is 0 Å². The molecule has 0 amide bonds. The highest BCUT2D eigenvalue weighted by Gasteiger charge is 2.28. The molecule has 0 saturated carbocycles. The van der Waals surface area contributed by atoms with Gasteiger partial charge in [-0.3, -0.25) is 9.80 Å². The molecule has 1 aromatic rings. The molecule has 116 valence electrons. The maximum Gasteiger partial charge on any atom is 0.133 e. The number of halogens is 1. The van der Waals surface area contributed by atoms with E-state index < -0.39 is 0 Å². The summed E-state index contributed by atoms with van der Waals surface area (Å²) in [6.45, 7) is 6.13. The standard InChI is InChI=1S/C17H25BrN2O/c1-21-17-6-5-14(11-16(17)18)12-19-10-7-15(13-19)20-8-3-2-4-9-20/h5-6,11,15H,2-4,7-10,12-13H2,1H3. The van der Waals surface area contributed by atoms with Gasteiger partial charge in [-0.15, -0.1) is 0 Å². The van der Waals surface area contributed by atoms with Crippen LogP contribution in [-0.4, -0.2) is 49.1 Å². The van der Waals surface area contributed by atoms with Crippen LogP contribution in [0.3, 0.4) is 0 Å². The van der Waals surface area contributed by atoms with E-state index >= 15 is 0 Å². The van der Waals surface area contributed by atoms with Crippen molar-refractivity contribution in [3.05, 3.63) is 28.2 Å². The number of likely N-dealkylation sites (tertiary alicyclic amines) is 2. The number of ether oxygens (including phenoxy) is 1. The zero-order valence-corrected chi connectivity index (χ0v) is 14.4. The van der Waals surface area contributed by atoms with Crippen molar-refractivity contribution in [3.8, 4) is 5.75 Å². The van der Waals surface area contributed by atoms with Crippen LogP contribution in [0.2, 0.25) is 0 Å². The molecule has 1 unspecified atom stereocenters. The molecule has 0 aromatic heterocycles. The zero-order chi connectivity index (χ0) is 14.7. The Bertz CT molecular complexity index is 474. The van der Waals surface area contributed by atoms with Crippen molar-refractivity contribution in [1.29, 1.82) is 0 Å². The molecule has 4 heteroatoms. The second-order valence-electron chi connectivity index (χ2n) is 6.24. The van der Waals surface area contributed by atoms with E-state index in [9.17, 15) is 0 Å². The van der Waals surface area contributed by atoms with Gasteiger partial charge in [0.2, 0.25) is 0 Å². The fraction of sp³-hybridized carbons (Fsp3) is 0.647. The summed E-state index contributed by atoms with van der Waals surface area (Å²) in [6.07, 6.45) is 5.54. The smallest absolute Gasteiger partial charge is 0.133 e. The van der Waals surface area contributed by atoms with Crippen LogP contribution in [0.5, 0.6) is 5.75 Å². The average Bonchev–Trinajstić information content (AvgIpc) is 2.97. The van der Waals surface area contributed by atoms with Gasteiger partial charge in [-0.05, 0) is 66.0 Å². The van der Waals surface area contributed by atoms with E-state index in [1.54, 1.807) is 7.11 Å².